The number of ketones is 2. The Balaban J connectivity index is 1.43. The molecule has 0 radical (unpaired) electrons. The lowest BCUT2D eigenvalue weighted by Gasteiger charge is -2.27. The number of Topliss-reactive ketones (excluding diaryl/α,β-unsaturated/α-hetero) is 2. The largest absolute Gasteiger partial charge is 0.485 e. The van der Waals surface area contributed by atoms with Crippen molar-refractivity contribution >= 4 is 35.2 Å². The zero-order valence-electron chi connectivity index (χ0n) is 21.6. The third-order valence-corrected chi connectivity index (χ3v) is 6.15. The molecule has 3 rings (SSSR count). The molecule has 1 saturated heterocycles. The molecule has 1 N–H and O–H groups in total. The Labute approximate surface area is 216 Å². The van der Waals surface area contributed by atoms with E-state index in [2.05, 4.69) is 5.32 Å². The monoisotopic (exact) mass is 514 g/mol. The zero-order valence-corrected chi connectivity index (χ0v) is 21.6. The van der Waals surface area contributed by atoms with Gasteiger partial charge in [-0.15, -0.1) is 0 Å². The number of nitrogens with one attached hydrogen (secondary N) is 1. The molecule has 1 atom stereocenters. The molecule has 10 heteroatoms. The van der Waals surface area contributed by atoms with Gasteiger partial charge in [0, 0.05) is 19.3 Å². The van der Waals surface area contributed by atoms with E-state index in [0.29, 0.717) is 19.3 Å². The van der Waals surface area contributed by atoms with Crippen LogP contribution in [0, 0.1) is 0 Å². The van der Waals surface area contributed by atoms with Crippen molar-refractivity contribution in [2.75, 3.05) is 13.2 Å². The summed E-state index contributed by atoms with van der Waals surface area (Å²) in [4.78, 5) is 74.6. The Morgan fingerprint density at radius 3 is 2.22 bits per heavy atom. The number of ether oxygens (including phenoxy) is 2. The van der Waals surface area contributed by atoms with Gasteiger partial charge in [0.25, 0.3) is 11.8 Å². The van der Waals surface area contributed by atoms with E-state index in [1.165, 1.54) is 12.1 Å². The molecule has 0 bridgehead atoms. The lowest BCUT2D eigenvalue weighted by Crippen LogP contribution is -2.54. The maximum Gasteiger partial charge on any atom is 0.266 e. The number of unbranched alkanes of at least 4 members (excludes halogenated alkanes) is 3. The van der Waals surface area contributed by atoms with Crippen LogP contribution in [-0.4, -0.2) is 65.0 Å². The fourth-order valence-electron chi connectivity index (χ4n) is 4.20. The quantitative estimate of drug-likeness (QED) is 0.313. The van der Waals surface area contributed by atoms with Crippen molar-refractivity contribution in [2.24, 2.45) is 0 Å². The fourth-order valence-corrected chi connectivity index (χ4v) is 4.20. The first-order valence-corrected chi connectivity index (χ1v) is 12.6. The summed E-state index contributed by atoms with van der Waals surface area (Å²) in [6.45, 7) is 5.57. The van der Waals surface area contributed by atoms with Crippen LogP contribution in [0.4, 0.5) is 0 Å². The highest BCUT2D eigenvalue weighted by molar-refractivity contribution is 6.24. The number of rotatable bonds is 13. The number of piperidine rings is 1. The van der Waals surface area contributed by atoms with Crippen LogP contribution in [-0.2, 0) is 23.9 Å². The van der Waals surface area contributed by atoms with Gasteiger partial charge in [-0.1, -0.05) is 18.9 Å². The van der Waals surface area contributed by atoms with Gasteiger partial charge in [0.05, 0.1) is 16.7 Å². The number of hydrogen-bond acceptors (Lipinski definition) is 8. The molecule has 1 fully saturated rings. The van der Waals surface area contributed by atoms with Gasteiger partial charge >= 0.3 is 0 Å². The summed E-state index contributed by atoms with van der Waals surface area (Å²) in [5.41, 5.74) is -0.222. The molecule has 1 unspecified atom stereocenters. The van der Waals surface area contributed by atoms with Crippen LogP contribution in [0.1, 0.15) is 92.9 Å². The molecule has 37 heavy (non-hydrogen) atoms. The van der Waals surface area contributed by atoms with E-state index in [9.17, 15) is 28.8 Å². The Morgan fingerprint density at radius 1 is 0.946 bits per heavy atom. The number of imide groups is 2. The van der Waals surface area contributed by atoms with Crippen LogP contribution in [0.25, 0.3) is 0 Å². The van der Waals surface area contributed by atoms with E-state index in [1.54, 1.807) is 6.07 Å². The highest BCUT2D eigenvalue weighted by Gasteiger charge is 2.46. The molecule has 1 aromatic carbocycles. The lowest BCUT2D eigenvalue weighted by molar-refractivity contribution is -0.136. The van der Waals surface area contributed by atoms with E-state index in [4.69, 9.17) is 9.47 Å². The smallest absolute Gasteiger partial charge is 0.266 e. The second-order valence-corrected chi connectivity index (χ2v) is 10.3. The van der Waals surface area contributed by atoms with Crippen molar-refractivity contribution in [1.29, 1.82) is 0 Å². The predicted molar refractivity (Wildman–Crippen MR) is 132 cm³/mol. The Hall–Kier alpha value is -3.40. The van der Waals surface area contributed by atoms with E-state index < -0.39 is 29.7 Å². The predicted octanol–water partition coefficient (Wildman–Crippen LogP) is 2.76. The van der Waals surface area contributed by atoms with Crippen molar-refractivity contribution in [1.82, 2.24) is 10.2 Å². The topological polar surface area (TPSA) is 136 Å². The van der Waals surface area contributed by atoms with Gasteiger partial charge in [-0.3, -0.25) is 39.0 Å². The molecular formula is C27H34N2O8. The van der Waals surface area contributed by atoms with Crippen LogP contribution in [0.15, 0.2) is 18.2 Å². The van der Waals surface area contributed by atoms with Gasteiger partial charge in [-0.25, -0.2) is 0 Å². The standard InChI is InChI=1S/C27H34N2O8/c1-27(2,3)37-16-18(31)10-7-5-4-6-9-17(30)15-36-21-12-8-11-19-23(21)26(35)29(25(19)34)20-13-14-22(32)28-24(20)33/h8,11-12,20H,4-7,9-10,13-16H2,1-3H3,(H,28,32,33). The van der Waals surface area contributed by atoms with E-state index in [1.807, 2.05) is 20.8 Å². The van der Waals surface area contributed by atoms with Crippen LogP contribution in [0.3, 0.4) is 0 Å². The molecule has 1 aromatic rings. The van der Waals surface area contributed by atoms with Gasteiger partial charge < -0.3 is 9.47 Å². The molecule has 2 heterocycles. The summed E-state index contributed by atoms with van der Waals surface area (Å²) in [6.07, 6.45) is 3.87. The second-order valence-electron chi connectivity index (χ2n) is 10.3. The van der Waals surface area contributed by atoms with Crippen molar-refractivity contribution in [3.05, 3.63) is 29.3 Å². The number of benzene rings is 1. The van der Waals surface area contributed by atoms with Crippen LogP contribution in [0.5, 0.6) is 5.75 Å². The van der Waals surface area contributed by atoms with Gasteiger partial charge in [-0.05, 0) is 52.2 Å². The molecule has 0 spiro atoms. The molecule has 0 aliphatic carbocycles. The number of amides is 4. The first-order chi connectivity index (χ1) is 17.5. The molecule has 0 saturated carbocycles. The Bertz CT molecular complexity index is 1090. The highest BCUT2D eigenvalue weighted by atomic mass is 16.5. The van der Waals surface area contributed by atoms with Crippen molar-refractivity contribution in [2.45, 2.75) is 83.8 Å². The third-order valence-electron chi connectivity index (χ3n) is 6.15. The zero-order chi connectivity index (χ0) is 27.2. The SMILES string of the molecule is CC(C)(C)OCC(=O)CCCCCCC(=O)COc1cccc2c1C(=O)N(C1CCC(=O)NC1=O)C2=O. The van der Waals surface area contributed by atoms with Gasteiger partial charge in [0.1, 0.15) is 25.0 Å². The van der Waals surface area contributed by atoms with Gasteiger partial charge in [0.15, 0.2) is 11.6 Å². The summed E-state index contributed by atoms with van der Waals surface area (Å²) < 4.78 is 11.1. The number of carbonyl (C=O) groups is 6. The molecule has 2 aliphatic rings. The third kappa shape index (κ3) is 7.55. The van der Waals surface area contributed by atoms with E-state index in [0.717, 1.165) is 24.2 Å². The molecule has 2 aliphatic heterocycles. The minimum atomic E-state index is -1.07. The first kappa shape index (κ1) is 28.2. The highest BCUT2D eigenvalue weighted by Crippen LogP contribution is 2.33. The van der Waals surface area contributed by atoms with Crippen LogP contribution >= 0.6 is 0 Å². The van der Waals surface area contributed by atoms with Crippen LogP contribution in [0.2, 0.25) is 0 Å². The summed E-state index contributed by atoms with van der Waals surface area (Å²) in [7, 11) is 0. The van der Waals surface area contributed by atoms with Crippen molar-refractivity contribution < 1.29 is 38.2 Å². The Morgan fingerprint density at radius 2 is 1.59 bits per heavy atom. The average molecular weight is 515 g/mol. The molecule has 4 amide bonds. The molecule has 200 valence electrons. The van der Waals surface area contributed by atoms with Crippen molar-refractivity contribution in [3.8, 4) is 5.75 Å². The molecule has 10 nitrogen and oxygen atoms in total. The summed E-state index contributed by atoms with van der Waals surface area (Å²) in [5.74, 6) is -2.42. The fraction of sp³-hybridized carbons (Fsp3) is 0.556. The number of nitrogens with zero attached hydrogens (tertiary/aromatic N) is 1. The molecule has 0 aromatic heterocycles. The minimum Gasteiger partial charge on any atom is -0.485 e. The first-order valence-electron chi connectivity index (χ1n) is 12.6. The number of hydrogen-bond donors (Lipinski definition) is 1. The van der Waals surface area contributed by atoms with Gasteiger partial charge in [-0.2, -0.15) is 0 Å². The Kier molecular flexibility index (Phi) is 9.31. The maximum atomic E-state index is 13.1. The summed E-state index contributed by atoms with van der Waals surface area (Å²) >= 11 is 0. The maximum absolute atomic E-state index is 13.1. The lowest BCUT2D eigenvalue weighted by atomic mass is 10.0. The van der Waals surface area contributed by atoms with E-state index >= 15 is 0 Å². The normalized spacial score (nSPS) is 17.6. The van der Waals surface area contributed by atoms with E-state index in [-0.39, 0.29) is 60.1 Å². The average Bonchev–Trinajstić information content (AvgIpc) is 3.08. The number of carbonyl (C=O) groups excluding carboxylic acids is 6. The van der Waals surface area contributed by atoms with Gasteiger partial charge in [0.2, 0.25) is 11.8 Å². The summed E-state index contributed by atoms with van der Waals surface area (Å²) in [5, 5.41) is 2.16. The summed E-state index contributed by atoms with van der Waals surface area (Å²) in [6, 6.07) is 3.45. The molecular weight excluding hydrogens is 480 g/mol. The van der Waals surface area contributed by atoms with Crippen LogP contribution < -0.4 is 10.1 Å². The van der Waals surface area contributed by atoms with Crippen molar-refractivity contribution in [3.63, 3.8) is 0 Å². The second kappa shape index (κ2) is 12.2. The minimum absolute atomic E-state index is 0.0186. The number of fused-ring (bicyclic) bond motifs is 1.